The van der Waals surface area contributed by atoms with Crippen LogP contribution in [0.4, 0.5) is 4.39 Å². The topological polar surface area (TPSA) is 48.8 Å². The fraction of sp³-hybridized carbons (Fsp3) is 0.255. The first-order chi connectivity index (χ1) is 25.5. The number of nitrogens with zero attached hydrogens (tertiary/aromatic N) is 5. The summed E-state index contributed by atoms with van der Waals surface area (Å²) in [4.78, 5) is 9.44. The molecule has 0 saturated carbocycles. The maximum atomic E-state index is 14.7. The zero-order valence-corrected chi connectivity index (χ0v) is 34.9. The number of pyridine rings is 2. The van der Waals surface area contributed by atoms with Gasteiger partial charge in [0.2, 0.25) is 0 Å². The van der Waals surface area contributed by atoms with E-state index in [9.17, 15) is 4.39 Å². The van der Waals surface area contributed by atoms with Gasteiger partial charge in [-0.3, -0.25) is 14.1 Å². The van der Waals surface area contributed by atoms with E-state index >= 15 is 0 Å². The van der Waals surface area contributed by atoms with Gasteiger partial charge in [0.15, 0.2) is 0 Å². The van der Waals surface area contributed by atoms with E-state index in [0.717, 1.165) is 38.6 Å². The fourth-order valence-electron chi connectivity index (χ4n) is 6.87. The molecule has 0 unspecified atom stereocenters. The molecule has 0 atom stereocenters. The number of fused-ring (bicyclic) bond motifs is 4. The van der Waals surface area contributed by atoms with Crippen LogP contribution in [0.1, 0.15) is 79.0 Å². The maximum Gasteiger partial charge on any atom is 0.269 e. The minimum Gasteiger partial charge on any atom is -0.522 e. The molecule has 0 amide bonds. The fourth-order valence-corrected chi connectivity index (χ4v) is 6.87. The molecule has 0 aliphatic carbocycles. The Labute approximate surface area is 336 Å². The Morgan fingerprint density at radius 2 is 1.29 bits per heavy atom. The van der Waals surface area contributed by atoms with Gasteiger partial charge in [-0.25, -0.2) is 9.37 Å². The van der Waals surface area contributed by atoms with Gasteiger partial charge in [-0.1, -0.05) is 110 Å². The molecule has 0 aliphatic heterocycles. The van der Waals surface area contributed by atoms with Crippen LogP contribution in [0, 0.1) is 24.3 Å². The van der Waals surface area contributed by atoms with Crippen LogP contribution in [-0.4, -0.2) is 19.1 Å². The van der Waals surface area contributed by atoms with Crippen molar-refractivity contribution in [2.45, 2.75) is 78.6 Å². The van der Waals surface area contributed by atoms with Gasteiger partial charge in [0.05, 0.1) is 22.5 Å². The van der Waals surface area contributed by atoms with Crippen molar-refractivity contribution in [1.29, 1.82) is 0 Å². The predicted octanol–water partition coefficient (Wildman–Crippen LogP) is 11.0. The number of halogens is 1. The van der Waals surface area contributed by atoms with Gasteiger partial charge in [-0.05, 0) is 80.5 Å². The molecule has 0 N–H and O–H groups in total. The first-order valence-electron chi connectivity index (χ1n) is 18.4. The molecule has 55 heavy (non-hydrogen) atoms. The molecule has 8 heteroatoms. The summed E-state index contributed by atoms with van der Waals surface area (Å²) in [7, 11) is 0. The predicted molar refractivity (Wildman–Crippen MR) is 214 cm³/mol. The summed E-state index contributed by atoms with van der Waals surface area (Å²) in [5.74, 6) is 1.86. The molecular weight excluding hydrogens is 865 g/mol. The summed E-state index contributed by atoms with van der Waals surface area (Å²) in [5, 5.41) is 1.82. The average Bonchev–Trinajstić information content (AvgIpc) is 3.66. The smallest absolute Gasteiger partial charge is 0.269 e. The molecule has 0 spiro atoms. The largest absolute Gasteiger partial charge is 0.522 e. The van der Waals surface area contributed by atoms with Crippen molar-refractivity contribution in [3.8, 4) is 28.8 Å². The third kappa shape index (κ3) is 7.23. The van der Waals surface area contributed by atoms with Gasteiger partial charge < -0.3 is 9.30 Å². The number of para-hydroxylation sites is 2. The minimum atomic E-state index is -0.318. The zero-order chi connectivity index (χ0) is 38.2. The standard InChI is InChI=1S/C47H44FN5O.Pt/c1-45(2,3)30-18-20-50-44(25-30)53-41-26-33(48)14-16-37(41)38-17-15-35(27-42(38)53)54-36-19-21-49-43(28-36)52-29-51(39-12-10-11-13-40(39)52)34-23-31(46(4,5)6)22-32(24-34)47(7,8)9;/h10-26H,1-9H3;/q-2;. The molecule has 0 aliphatic rings. The van der Waals surface area contributed by atoms with E-state index in [2.05, 4.69) is 122 Å². The molecule has 0 bridgehead atoms. The van der Waals surface area contributed by atoms with Gasteiger partial charge in [0.1, 0.15) is 11.6 Å². The van der Waals surface area contributed by atoms with Crippen molar-refractivity contribution < 1.29 is 34.8 Å². The molecule has 4 aromatic carbocycles. The average molecular weight is 909 g/mol. The quantitative estimate of drug-likeness (QED) is 0.128. The number of hydrogen-bond acceptors (Lipinski definition) is 3. The van der Waals surface area contributed by atoms with E-state index < -0.39 is 0 Å². The number of rotatable bonds is 5. The van der Waals surface area contributed by atoms with Gasteiger partial charge in [-0.15, -0.1) is 17.5 Å². The third-order valence-corrected chi connectivity index (χ3v) is 10.0. The number of ether oxygens (including phenoxy) is 1. The molecule has 0 saturated heterocycles. The van der Waals surface area contributed by atoms with Crippen molar-refractivity contribution in [1.82, 2.24) is 19.1 Å². The molecule has 0 radical (unpaired) electrons. The Morgan fingerprint density at radius 3 is 2.00 bits per heavy atom. The molecule has 0 fully saturated rings. The normalized spacial score (nSPS) is 12.4. The Hall–Kier alpha value is -5.13. The van der Waals surface area contributed by atoms with E-state index in [1.54, 1.807) is 24.5 Å². The van der Waals surface area contributed by atoms with Crippen LogP contribution in [0.2, 0.25) is 0 Å². The summed E-state index contributed by atoms with van der Waals surface area (Å²) in [6.07, 6.45) is 7.11. The van der Waals surface area contributed by atoms with Crippen LogP contribution in [-0.2, 0) is 37.3 Å². The van der Waals surface area contributed by atoms with E-state index in [-0.39, 0.29) is 43.1 Å². The molecule has 8 aromatic rings. The molecule has 6 nitrogen and oxygen atoms in total. The van der Waals surface area contributed by atoms with E-state index in [1.807, 2.05) is 45.5 Å². The summed E-state index contributed by atoms with van der Waals surface area (Å²) >= 11 is 0. The van der Waals surface area contributed by atoms with Crippen LogP contribution < -0.4 is 9.30 Å². The van der Waals surface area contributed by atoms with Gasteiger partial charge in [0.25, 0.3) is 6.33 Å². The maximum absolute atomic E-state index is 14.7. The van der Waals surface area contributed by atoms with Crippen molar-refractivity contribution in [3.05, 3.63) is 144 Å². The van der Waals surface area contributed by atoms with E-state index in [4.69, 9.17) is 14.7 Å². The van der Waals surface area contributed by atoms with E-state index in [0.29, 0.717) is 28.7 Å². The van der Waals surface area contributed by atoms with Gasteiger partial charge >= 0.3 is 0 Å². The summed E-state index contributed by atoms with van der Waals surface area (Å²) in [6.45, 7) is 20.0. The van der Waals surface area contributed by atoms with Crippen LogP contribution in [0.5, 0.6) is 11.5 Å². The number of hydrogen-bond donors (Lipinski definition) is 0. The Kier molecular flexibility index (Phi) is 9.62. The van der Waals surface area contributed by atoms with Crippen molar-refractivity contribution >= 4 is 32.8 Å². The molecule has 8 rings (SSSR count). The molecule has 4 aromatic heterocycles. The summed E-state index contributed by atoms with van der Waals surface area (Å²) < 4.78 is 27.2. The minimum absolute atomic E-state index is 0. The monoisotopic (exact) mass is 908 g/mol. The van der Waals surface area contributed by atoms with Gasteiger partial charge in [0, 0.05) is 38.5 Å². The molecule has 4 heterocycles. The SMILES string of the molecule is CC(C)(C)c1cc(-[n+]2[c-]n(-c3[c-]c(Oc4[c-]c5c(cc4)c4ccc(F)cc4n5-c4cc(C(C)(C)C)ccn4)ccn3)c3ccccc32)cc(C(C)(C)C)c1.[Pt]. The Bertz CT molecular complexity index is 2690. The summed E-state index contributed by atoms with van der Waals surface area (Å²) in [5.41, 5.74) is 7.90. The second-order valence-corrected chi connectivity index (χ2v) is 17.1. The van der Waals surface area contributed by atoms with Crippen LogP contribution in [0.25, 0.3) is 50.2 Å². The number of aromatic nitrogens is 5. The zero-order valence-electron chi connectivity index (χ0n) is 32.7. The van der Waals surface area contributed by atoms with Crippen LogP contribution in [0.3, 0.4) is 0 Å². The van der Waals surface area contributed by atoms with Crippen molar-refractivity contribution in [2.75, 3.05) is 0 Å². The van der Waals surface area contributed by atoms with Crippen molar-refractivity contribution in [3.63, 3.8) is 0 Å². The van der Waals surface area contributed by atoms with Crippen LogP contribution >= 0.6 is 0 Å². The Morgan fingerprint density at radius 1 is 0.636 bits per heavy atom. The number of imidazole rings is 1. The number of benzene rings is 4. The first-order valence-corrected chi connectivity index (χ1v) is 18.4. The van der Waals surface area contributed by atoms with Gasteiger partial charge in [-0.2, -0.15) is 18.2 Å². The van der Waals surface area contributed by atoms with Crippen LogP contribution in [0.15, 0.2) is 103 Å². The second-order valence-electron chi connectivity index (χ2n) is 17.1. The first kappa shape index (κ1) is 38.2. The third-order valence-electron chi connectivity index (χ3n) is 10.0. The summed E-state index contributed by atoms with van der Waals surface area (Å²) in [6, 6.07) is 36.5. The molecular formula is C47H44FN5OPt-2. The van der Waals surface area contributed by atoms with Crippen molar-refractivity contribution in [2.24, 2.45) is 0 Å². The molecule has 282 valence electrons. The Balaban J connectivity index is 0.00000465. The van der Waals surface area contributed by atoms with E-state index in [1.165, 1.54) is 17.2 Å². The second kappa shape index (κ2) is 13.9.